The molecule has 2 amide bonds. The number of amides is 2. The molecule has 1 N–H and O–H groups in total. The minimum absolute atomic E-state index is 0.0379. The van der Waals surface area contributed by atoms with Crippen molar-refractivity contribution in [2.75, 3.05) is 31.2 Å². The second kappa shape index (κ2) is 8.38. The molecule has 1 heterocycles. The van der Waals surface area contributed by atoms with Gasteiger partial charge in [-0.15, -0.1) is 0 Å². The molecule has 26 heavy (non-hydrogen) atoms. The zero-order valence-corrected chi connectivity index (χ0v) is 14.7. The number of nitrogens with zero attached hydrogens (tertiary/aromatic N) is 1. The Kier molecular flexibility index (Phi) is 5.73. The number of benzene rings is 2. The van der Waals surface area contributed by atoms with Crippen LogP contribution in [0.5, 0.6) is 11.5 Å². The van der Waals surface area contributed by atoms with Gasteiger partial charge in [0.25, 0.3) is 0 Å². The monoisotopic (exact) mass is 354 g/mol. The molecule has 0 unspecified atom stereocenters. The molecule has 3 rings (SSSR count). The van der Waals surface area contributed by atoms with Crippen molar-refractivity contribution in [3.8, 4) is 11.5 Å². The molecule has 2 aromatic rings. The number of anilines is 1. The van der Waals surface area contributed by atoms with Crippen LogP contribution in [-0.4, -0.2) is 38.1 Å². The molecule has 6 heteroatoms. The molecule has 6 nitrogen and oxygen atoms in total. The third kappa shape index (κ3) is 4.53. The fourth-order valence-electron chi connectivity index (χ4n) is 2.77. The van der Waals surface area contributed by atoms with E-state index in [1.165, 1.54) is 11.8 Å². The molecule has 0 bridgehead atoms. The number of carbonyl (C=O) groups excluding carboxylic acids is 2. The smallest absolute Gasteiger partial charge is 0.240 e. The fraction of sp³-hybridized carbons (Fsp3) is 0.300. The Balaban J connectivity index is 1.59. The average Bonchev–Trinajstić information content (AvgIpc) is 2.66. The highest BCUT2D eigenvalue weighted by Gasteiger charge is 2.19. The van der Waals surface area contributed by atoms with Crippen LogP contribution >= 0.6 is 0 Å². The minimum atomic E-state index is -0.208. The summed E-state index contributed by atoms with van der Waals surface area (Å²) in [6.07, 6.45) is 0.747. The lowest BCUT2D eigenvalue weighted by Gasteiger charge is -2.24. The molecule has 1 aliphatic rings. The lowest BCUT2D eigenvalue weighted by Crippen LogP contribution is -2.40. The number of hydrogen-bond donors (Lipinski definition) is 1. The van der Waals surface area contributed by atoms with E-state index in [1.54, 1.807) is 18.2 Å². The summed E-state index contributed by atoms with van der Waals surface area (Å²) in [6.45, 7) is 2.90. The van der Waals surface area contributed by atoms with Crippen molar-refractivity contribution in [2.45, 2.75) is 13.3 Å². The molecule has 0 fully saturated rings. The number of carbonyl (C=O) groups is 2. The average molecular weight is 354 g/mol. The minimum Gasteiger partial charge on any atom is -0.486 e. The SMILES string of the molecule is CC(=O)N(CC(=O)NCCc1ccccc1)c1ccc2c(c1)OCCO2. The summed E-state index contributed by atoms with van der Waals surface area (Å²) in [5, 5.41) is 2.86. The van der Waals surface area contributed by atoms with Crippen molar-refractivity contribution in [1.82, 2.24) is 5.32 Å². The molecule has 0 spiro atoms. The van der Waals surface area contributed by atoms with Gasteiger partial charge in [-0.05, 0) is 24.1 Å². The molecule has 0 aromatic heterocycles. The van der Waals surface area contributed by atoms with E-state index in [2.05, 4.69) is 5.32 Å². The van der Waals surface area contributed by atoms with Crippen LogP contribution in [0, 0.1) is 0 Å². The summed E-state index contributed by atoms with van der Waals surface area (Å²) in [4.78, 5) is 25.7. The van der Waals surface area contributed by atoms with E-state index in [1.807, 2.05) is 30.3 Å². The van der Waals surface area contributed by atoms with Crippen molar-refractivity contribution in [2.24, 2.45) is 0 Å². The third-order valence-corrected chi connectivity index (χ3v) is 4.10. The second-order valence-corrected chi connectivity index (χ2v) is 6.02. The Morgan fingerprint density at radius 3 is 2.50 bits per heavy atom. The van der Waals surface area contributed by atoms with Gasteiger partial charge in [0.1, 0.15) is 19.8 Å². The lowest BCUT2D eigenvalue weighted by atomic mass is 10.1. The van der Waals surface area contributed by atoms with E-state index in [9.17, 15) is 9.59 Å². The Morgan fingerprint density at radius 1 is 1.04 bits per heavy atom. The van der Waals surface area contributed by atoms with Crippen LogP contribution < -0.4 is 19.7 Å². The van der Waals surface area contributed by atoms with Crippen LogP contribution in [0.1, 0.15) is 12.5 Å². The Bertz CT molecular complexity index is 777. The molecular weight excluding hydrogens is 332 g/mol. The Hall–Kier alpha value is -3.02. The van der Waals surface area contributed by atoms with Crippen molar-refractivity contribution < 1.29 is 19.1 Å². The number of hydrogen-bond acceptors (Lipinski definition) is 4. The predicted molar refractivity (Wildman–Crippen MR) is 98.6 cm³/mol. The van der Waals surface area contributed by atoms with E-state index >= 15 is 0 Å². The second-order valence-electron chi connectivity index (χ2n) is 6.02. The first-order valence-electron chi connectivity index (χ1n) is 8.62. The summed E-state index contributed by atoms with van der Waals surface area (Å²) < 4.78 is 11.0. The van der Waals surface area contributed by atoms with Crippen molar-refractivity contribution in [1.29, 1.82) is 0 Å². The van der Waals surface area contributed by atoms with Gasteiger partial charge in [-0.1, -0.05) is 30.3 Å². The summed E-state index contributed by atoms with van der Waals surface area (Å²) >= 11 is 0. The summed E-state index contributed by atoms with van der Waals surface area (Å²) in [7, 11) is 0. The molecular formula is C20H22N2O4. The van der Waals surface area contributed by atoms with Crippen molar-refractivity contribution in [3.63, 3.8) is 0 Å². The van der Waals surface area contributed by atoms with Crippen LogP contribution in [0.15, 0.2) is 48.5 Å². The fourth-order valence-corrected chi connectivity index (χ4v) is 2.77. The largest absolute Gasteiger partial charge is 0.486 e. The summed E-state index contributed by atoms with van der Waals surface area (Å²) in [5.41, 5.74) is 1.77. The highest BCUT2D eigenvalue weighted by molar-refractivity contribution is 5.97. The van der Waals surface area contributed by atoms with Gasteiger partial charge >= 0.3 is 0 Å². The lowest BCUT2D eigenvalue weighted by molar-refractivity contribution is -0.123. The van der Waals surface area contributed by atoms with E-state index in [0.29, 0.717) is 36.9 Å². The Labute approximate surface area is 152 Å². The number of fused-ring (bicyclic) bond motifs is 1. The Morgan fingerprint density at radius 2 is 1.77 bits per heavy atom. The van der Waals surface area contributed by atoms with Crippen LogP contribution in [0.3, 0.4) is 0 Å². The molecule has 2 aromatic carbocycles. The van der Waals surface area contributed by atoms with Gasteiger partial charge in [0.15, 0.2) is 11.5 Å². The van der Waals surface area contributed by atoms with E-state index in [4.69, 9.17) is 9.47 Å². The zero-order chi connectivity index (χ0) is 18.4. The highest BCUT2D eigenvalue weighted by Crippen LogP contribution is 2.34. The zero-order valence-electron chi connectivity index (χ0n) is 14.7. The van der Waals surface area contributed by atoms with Gasteiger partial charge in [0.05, 0.1) is 0 Å². The first kappa shape index (κ1) is 17.8. The van der Waals surface area contributed by atoms with Gasteiger partial charge in [-0.3, -0.25) is 9.59 Å². The molecule has 0 radical (unpaired) electrons. The van der Waals surface area contributed by atoms with Gasteiger partial charge in [0.2, 0.25) is 11.8 Å². The quantitative estimate of drug-likeness (QED) is 0.863. The molecule has 0 aliphatic carbocycles. The van der Waals surface area contributed by atoms with Crippen molar-refractivity contribution in [3.05, 3.63) is 54.1 Å². The molecule has 0 saturated carbocycles. The highest BCUT2D eigenvalue weighted by atomic mass is 16.6. The predicted octanol–water partition coefficient (Wildman–Crippen LogP) is 2.17. The topological polar surface area (TPSA) is 67.9 Å². The molecule has 136 valence electrons. The van der Waals surface area contributed by atoms with Crippen molar-refractivity contribution >= 4 is 17.5 Å². The maximum atomic E-state index is 12.2. The van der Waals surface area contributed by atoms with Crippen LogP contribution in [0.25, 0.3) is 0 Å². The first-order valence-corrected chi connectivity index (χ1v) is 8.62. The third-order valence-electron chi connectivity index (χ3n) is 4.10. The van der Waals surface area contributed by atoms with Crippen LogP contribution in [0.2, 0.25) is 0 Å². The summed E-state index contributed by atoms with van der Waals surface area (Å²) in [5.74, 6) is 0.825. The van der Waals surface area contributed by atoms with E-state index in [0.717, 1.165) is 12.0 Å². The van der Waals surface area contributed by atoms with Crippen LogP contribution in [-0.2, 0) is 16.0 Å². The molecule has 0 atom stereocenters. The summed E-state index contributed by atoms with van der Waals surface area (Å²) in [6, 6.07) is 15.2. The number of nitrogens with one attached hydrogen (secondary N) is 1. The normalized spacial score (nSPS) is 12.3. The first-order chi connectivity index (χ1) is 12.6. The maximum absolute atomic E-state index is 12.2. The van der Waals surface area contributed by atoms with E-state index < -0.39 is 0 Å². The van der Waals surface area contributed by atoms with Gasteiger partial charge < -0.3 is 19.7 Å². The van der Waals surface area contributed by atoms with Gasteiger partial charge in [0, 0.05) is 25.2 Å². The number of rotatable bonds is 6. The molecule has 0 saturated heterocycles. The van der Waals surface area contributed by atoms with E-state index in [-0.39, 0.29) is 18.4 Å². The van der Waals surface area contributed by atoms with Gasteiger partial charge in [-0.2, -0.15) is 0 Å². The molecule has 1 aliphatic heterocycles. The van der Waals surface area contributed by atoms with Crippen LogP contribution in [0.4, 0.5) is 5.69 Å². The number of ether oxygens (including phenoxy) is 2. The standard InChI is InChI=1S/C20H22N2O4/c1-15(23)22(17-7-8-18-19(13-17)26-12-11-25-18)14-20(24)21-10-9-16-5-3-2-4-6-16/h2-8,13H,9-12,14H2,1H3,(H,21,24). The van der Waals surface area contributed by atoms with Gasteiger partial charge in [-0.25, -0.2) is 0 Å². The maximum Gasteiger partial charge on any atom is 0.240 e.